The van der Waals surface area contributed by atoms with E-state index in [4.69, 9.17) is 45.2 Å². The third-order valence-corrected chi connectivity index (χ3v) is 6.28. The maximum atomic E-state index is 11.6. The Morgan fingerprint density at radius 1 is 1.19 bits per heavy atom. The summed E-state index contributed by atoms with van der Waals surface area (Å²) >= 11 is 1.09. The summed E-state index contributed by atoms with van der Waals surface area (Å²) in [5.74, 6) is 0.114. The predicted molar refractivity (Wildman–Crippen MR) is 159 cm³/mol. The molecule has 1 amide bonds. The molecule has 3 heterocycles. The molecule has 2 saturated heterocycles. The number of ether oxygens (including phenoxy) is 5. The van der Waals surface area contributed by atoms with E-state index in [0.29, 0.717) is 65.1 Å². The van der Waals surface area contributed by atoms with Crippen molar-refractivity contribution in [2.45, 2.75) is 75.5 Å². The van der Waals surface area contributed by atoms with Gasteiger partial charge in [-0.25, -0.2) is 4.79 Å². The average molecular weight is 754 g/mol. The number of amides is 1. The largest absolute Gasteiger partial charge is 1.00 e. The Labute approximate surface area is 327 Å². The zero-order valence-corrected chi connectivity index (χ0v) is 32.1. The maximum Gasteiger partial charge on any atom is 1.00 e. The number of nitriles is 1. The molecule has 6 unspecified atom stereocenters. The quantitative estimate of drug-likeness (QED) is 0.0469. The standard InChI is InChI=1S/C16H31NO9.C9H12N3O3.CN.BHO.Ga.K/c18-10-13-16(22)12(20)9-15(26-13)25-5-2-1-3-14(21)17-4-6-23-7-8-24-11-19;10-7-3-4-12(9(14)11-7)8-2-1-6(5-13)15-8;2*1-2;;/h12-13,15-16,18-20,22H,1-11H2,(H,17,21);3-4,6,8H,1-2,5H2,(H2,10,11,14);;2H;;/q;-1;;;;+1. The van der Waals surface area contributed by atoms with Gasteiger partial charge in [-0.05, 0) is 31.7 Å². The topological polar surface area (TPSA) is 284 Å². The van der Waals surface area contributed by atoms with E-state index in [1.165, 1.54) is 10.6 Å². The second kappa shape index (κ2) is 31.5. The second-order valence-corrected chi connectivity index (χ2v) is 10.1. The Hall–Kier alpha value is -0.462. The Kier molecular flexibility index (Phi) is 32.6. The first-order valence-corrected chi connectivity index (χ1v) is 15.6. The molecule has 0 aliphatic carbocycles. The molecule has 0 saturated carbocycles. The van der Waals surface area contributed by atoms with E-state index >= 15 is 0 Å². The Morgan fingerprint density at radius 3 is 2.47 bits per heavy atom. The monoisotopic (exact) mass is 753 g/mol. The number of aromatic nitrogens is 2. The number of hydrogen-bond donors (Lipinski definition) is 7. The zero-order chi connectivity index (χ0) is 34.7. The van der Waals surface area contributed by atoms with Gasteiger partial charge in [-0.3, -0.25) is 9.36 Å². The van der Waals surface area contributed by atoms with Gasteiger partial charge in [-0.1, -0.05) is 0 Å². The minimum atomic E-state index is -1.12. The summed E-state index contributed by atoms with van der Waals surface area (Å²) < 4.78 is 29.3. The van der Waals surface area contributed by atoms with Crippen molar-refractivity contribution in [3.63, 3.8) is 0 Å². The number of aliphatic hydroxyl groups excluding tert-OH is 4. The van der Waals surface area contributed by atoms with Crippen molar-refractivity contribution in [3.05, 3.63) is 22.7 Å². The first kappa shape index (κ1) is 48.7. The van der Waals surface area contributed by atoms with Gasteiger partial charge >= 0.3 is 85.6 Å². The summed E-state index contributed by atoms with van der Waals surface area (Å²) in [5, 5.41) is 64.0. The number of rotatable bonds is 16. The van der Waals surface area contributed by atoms with Crippen LogP contribution < -0.4 is 73.2 Å². The minimum absolute atomic E-state index is 0. The molecule has 47 heavy (non-hydrogen) atoms. The number of carbonyl (C=O) groups excluding carboxylic acids is 1. The molecule has 4 radical (unpaired) electrons. The van der Waals surface area contributed by atoms with Gasteiger partial charge in [-0.2, -0.15) is 4.98 Å². The number of nitrogens with two attached hydrogens (primary N) is 1. The van der Waals surface area contributed by atoms with E-state index < -0.39 is 36.9 Å². The Balaban J connectivity index is 0. The van der Waals surface area contributed by atoms with E-state index in [-0.39, 0.29) is 95.3 Å². The van der Waals surface area contributed by atoms with Crippen molar-refractivity contribution < 1.29 is 110 Å². The van der Waals surface area contributed by atoms with Crippen LogP contribution in [0.25, 0.3) is 0 Å². The molecule has 3 rings (SSSR count). The fraction of sp³-hybridized carbons (Fsp3) is 0.769. The molecular weight excluding hydrogens is 710 g/mol. The molecule has 1 aromatic rings. The molecule has 0 aromatic carbocycles. The van der Waals surface area contributed by atoms with E-state index in [2.05, 4.69) is 23.1 Å². The normalized spacial score (nSPS) is 22.8. The molecule has 258 valence electrons. The SMILES string of the molecule is N#[C][Ga].Nc1ccn(C2CCC(C[O-])O2)c(=O)n1.O=C(CCCCOC1CC(O)C(O)C(CO)O1)NCCOCCOCO.[B]O.[K+]. The molecule has 18 nitrogen and oxygen atoms in total. The first-order chi connectivity index (χ1) is 22.2. The molecular formula is C26H44BGaKN5O13. The molecule has 0 bridgehead atoms. The van der Waals surface area contributed by atoms with Gasteiger partial charge in [0.05, 0.1) is 32.5 Å². The third-order valence-electron chi connectivity index (χ3n) is 6.28. The van der Waals surface area contributed by atoms with E-state index in [0.717, 1.165) is 18.6 Å². The van der Waals surface area contributed by atoms with E-state index in [9.17, 15) is 24.9 Å². The molecule has 1 aromatic heterocycles. The van der Waals surface area contributed by atoms with Gasteiger partial charge in [-0.15, -0.1) is 6.61 Å². The average Bonchev–Trinajstić information content (AvgIpc) is 3.53. The number of carbonyl (C=O) groups is 1. The minimum Gasteiger partial charge on any atom is -0.853 e. The Bertz CT molecular complexity index is 1030. The van der Waals surface area contributed by atoms with Crippen molar-refractivity contribution in [3.8, 4) is 4.62 Å². The number of anilines is 1. The third kappa shape index (κ3) is 22.1. The summed E-state index contributed by atoms with van der Waals surface area (Å²) in [6.45, 7) is 0.818. The number of hydrogen-bond acceptors (Lipinski definition) is 16. The number of aliphatic hydroxyl groups is 4. The summed E-state index contributed by atoms with van der Waals surface area (Å²) in [6, 6.07) is 1.54. The van der Waals surface area contributed by atoms with Crippen molar-refractivity contribution >= 4 is 38.4 Å². The van der Waals surface area contributed by atoms with Crippen LogP contribution in [0.4, 0.5) is 5.82 Å². The number of nitrogens with one attached hydrogen (secondary N) is 1. The molecule has 21 heteroatoms. The van der Waals surface area contributed by atoms with Gasteiger partial charge in [0.15, 0.2) is 6.29 Å². The van der Waals surface area contributed by atoms with E-state index in [1.54, 1.807) is 6.20 Å². The van der Waals surface area contributed by atoms with Crippen LogP contribution in [0.2, 0.25) is 0 Å². The van der Waals surface area contributed by atoms with Gasteiger partial charge in [0, 0.05) is 38.3 Å². The van der Waals surface area contributed by atoms with Crippen LogP contribution in [0.3, 0.4) is 0 Å². The van der Waals surface area contributed by atoms with Crippen LogP contribution in [0, 0.1) is 9.89 Å². The molecule has 2 fully saturated rings. The van der Waals surface area contributed by atoms with Gasteiger partial charge in [0.1, 0.15) is 31.0 Å². The molecule has 0 spiro atoms. The summed E-state index contributed by atoms with van der Waals surface area (Å²) in [5.41, 5.74) is 4.93. The zero-order valence-electron chi connectivity index (χ0n) is 26.6. The molecule has 2 aliphatic heterocycles. The van der Waals surface area contributed by atoms with Crippen molar-refractivity contribution in [1.82, 2.24) is 14.9 Å². The number of nitrogens with zero attached hydrogens (tertiary/aromatic N) is 3. The fourth-order valence-electron chi connectivity index (χ4n) is 4.07. The van der Waals surface area contributed by atoms with Gasteiger partial charge < -0.3 is 65.3 Å². The summed E-state index contributed by atoms with van der Waals surface area (Å²) in [7, 11) is 3.50. The second-order valence-electron chi connectivity index (χ2n) is 9.54. The van der Waals surface area contributed by atoms with Crippen LogP contribution in [-0.4, -0.2) is 151 Å². The van der Waals surface area contributed by atoms with Crippen molar-refractivity contribution in [2.24, 2.45) is 0 Å². The van der Waals surface area contributed by atoms with Gasteiger partial charge in [0.25, 0.3) is 8.05 Å². The van der Waals surface area contributed by atoms with Crippen LogP contribution in [0.1, 0.15) is 44.8 Å². The smallest absolute Gasteiger partial charge is 0.853 e. The molecule has 8 N–H and O–H groups in total. The van der Waals surface area contributed by atoms with Crippen LogP contribution in [0.15, 0.2) is 17.1 Å². The van der Waals surface area contributed by atoms with Crippen molar-refractivity contribution in [1.29, 1.82) is 5.26 Å². The predicted octanol–water partition coefficient (Wildman–Crippen LogP) is -7.33. The maximum absolute atomic E-state index is 11.6. The first-order valence-electron chi connectivity index (χ1n) is 14.4. The van der Waals surface area contributed by atoms with Crippen LogP contribution >= 0.6 is 0 Å². The summed E-state index contributed by atoms with van der Waals surface area (Å²) in [4.78, 5) is 26.7. The van der Waals surface area contributed by atoms with Crippen molar-refractivity contribution in [2.75, 3.05) is 58.7 Å². The Morgan fingerprint density at radius 2 is 1.87 bits per heavy atom. The van der Waals surface area contributed by atoms with Crippen LogP contribution in [-0.2, 0) is 28.5 Å². The number of nitrogen functional groups attached to an aromatic ring is 1. The molecule has 6 atom stereocenters. The summed E-state index contributed by atoms with van der Waals surface area (Å²) in [6.07, 6.45) is 0.380. The van der Waals surface area contributed by atoms with Crippen LogP contribution in [0.5, 0.6) is 0 Å². The molecule has 2 aliphatic rings. The van der Waals surface area contributed by atoms with Gasteiger partial charge in [0.2, 0.25) is 5.91 Å². The van der Waals surface area contributed by atoms with E-state index in [1.807, 2.05) is 4.62 Å². The number of unbranched alkanes of at least 4 members (excludes halogenated alkanes) is 1. The fourth-order valence-corrected chi connectivity index (χ4v) is 4.07.